The Morgan fingerprint density at radius 2 is 1.65 bits per heavy atom. The first kappa shape index (κ1) is 14.3. The number of hydrogen-bond donors (Lipinski definition) is 1. The second-order valence-electron chi connectivity index (χ2n) is 4.20. The lowest BCUT2D eigenvalue weighted by Gasteiger charge is -2.18. The lowest BCUT2D eigenvalue weighted by atomic mass is 10.1. The molecular formula is C15H12BrNO3. The quantitative estimate of drug-likeness (QED) is 0.936. The monoisotopic (exact) mass is 333 g/mol. The topological polar surface area (TPSA) is 57.6 Å². The van der Waals surface area contributed by atoms with Crippen molar-refractivity contribution in [3.8, 4) is 0 Å². The summed E-state index contributed by atoms with van der Waals surface area (Å²) in [5, 5.41) is 8.85. The minimum absolute atomic E-state index is 0.166. The van der Waals surface area contributed by atoms with Crippen molar-refractivity contribution < 1.29 is 14.7 Å². The van der Waals surface area contributed by atoms with Crippen LogP contribution in [0.1, 0.15) is 20.7 Å². The van der Waals surface area contributed by atoms with Crippen molar-refractivity contribution in [2.45, 2.75) is 0 Å². The molecule has 20 heavy (non-hydrogen) atoms. The number of anilines is 1. The van der Waals surface area contributed by atoms with Crippen molar-refractivity contribution in [3.05, 3.63) is 64.1 Å². The summed E-state index contributed by atoms with van der Waals surface area (Å²) >= 11 is 3.34. The first-order valence-electron chi connectivity index (χ1n) is 5.86. The molecule has 0 atom stereocenters. The Hall–Kier alpha value is -2.14. The number of benzene rings is 2. The molecule has 2 rings (SSSR count). The number of carbonyl (C=O) groups excluding carboxylic acids is 1. The minimum atomic E-state index is -0.990. The molecule has 0 radical (unpaired) electrons. The molecule has 1 amide bonds. The van der Waals surface area contributed by atoms with E-state index >= 15 is 0 Å². The third-order valence-electron chi connectivity index (χ3n) is 2.91. The van der Waals surface area contributed by atoms with E-state index in [0.29, 0.717) is 11.3 Å². The van der Waals surface area contributed by atoms with Gasteiger partial charge in [-0.05, 0) is 52.3 Å². The van der Waals surface area contributed by atoms with Gasteiger partial charge in [-0.15, -0.1) is 0 Å². The predicted octanol–water partition coefficient (Wildman–Crippen LogP) is 3.42. The fraction of sp³-hybridized carbons (Fsp3) is 0.0667. The molecule has 1 N–H and O–H groups in total. The van der Waals surface area contributed by atoms with E-state index in [1.807, 2.05) is 6.07 Å². The highest BCUT2D eigenvalue weighted by molar-refractivity contribution is 9.10. The molecule has 0 unspecified atom stereocenters. The van der Waals surface area contributed by atoms with Crippen LogP contribution in [-0.4, -0.2) is 24.0 Å². The van der Waals surface area contributed by atoms with Crippen molar-refractivity contribution in [1.29, 1.82) is 0 Å². The summed E-state index contributed by atoms with van der Waals surface area (Å²) in [7, 11) is 1.65. The summed E-state index contributed by atoms with van der Waals surface area (Å²) in [6.07, 6.45) is 0. The summed E-state index contributed by atoms with van der Waals surface area (Å²) in [5.74, 6) is -1.16. The molecule has 0 heterocycles. The molecule has 0 saturated heterocycles. The molecule has 5 heteroatoms. The lowest BCUT2D eigenvalue weighted by Crippen LogP contribution is -2.26. The first-order chi connectivity index (χ1) is 9.50. The van der Waals surface area contributed by atoms with Crippen molar-refractivity contribution in [3.63, 3.8) is 0 Å². The zero-order valence-corrected chi connectivity index (χ0v) is 12.3. The summed E-state index contributed by atoms with van der Waals surface area (Å²) in [6.45, 7) is 0. The van der Waals surface area contributed by atoms with Gasteiger partial charge in [-0.1, -0.05) is 12.1 Å². The Morgan fingerprint density at radius 1 is 1.05 bits per heavy atom. The molecule has 4 nitrogen and oxygen atoms in total. The highest BCUT2D eigenvalue weighted by atomic mass is 79.9. The molecule has 0 aromatic heterocycles. The van der Waals surface area contributed by atoms with Gasteiger partial charge in [-0.25, -0.2) is 4.79 Å². The Bertz CT molecular complexity index is 652. The van der Waals surface area contributed by atoms with E-state index in [2.05, 4.69) is 15.9 Å². The predicted molar refractivity (Wildman–Crippen MR) is 80.3 cm³/mol. The van der Waals surface area contributed by atoms with E-state index in [1.165, 1.54) is 17.0 Å². The summed E-state index contributed by atoms with van der Waals surface area (Å²) in [6, 6.07) is 13.3. The zero-order chi connectivity index (χ0) is 14.7. The van der Waals surface area contributed by atoms with Crippen LogP contribution in [0.3, 0.4) is 0 Å². The SMILES string of the molecule is CN(C(=O)c1ccccc1Br)c1ccc(C(=O)O)cc1. The van der Waals surface area contributed by atoms with Gasteiger partial charge in [0.1, 0.15) is 0 Å². The van der Waals surface area contributed by atoms with E-state index in [-0.39, 0.29) is 11.5 Å². The molecule has 0 saturated carbocycles. The maximum absolute atomic E-state index is 12.4. The van der Waals surface area contributed by atoms with Crippen molar-refractivity contribution in [2.75, 3.05) is 11.9 Å². The van der Waals surface area contributed by atoms with Gasteiger partial charge in [0.25, 0.3) is 5.91 Å². The summed E-state index contributed by atoms with van der Waals surface area (Å²) in [5.41, 5.74) is 1.38. The van der Waals surface area contributed by atoms with Crippen LogP contribution in [0.4, 0.5) is 5.69 Å². The largest absolute Gasteiger partial charge is 0.478 e. The number of hydrogen-bond acceptors (Lipinski definition) is 2. The van der Waals surface area contributed by atoms with Crippen molar-refractivity contribution in [2.24, 2.45) is 0 Å². The van der Waals surface area contributed by atoms with E-state index in [0.717, 1.165) is 4.47 Å². The average molecular weight is 334 g/mol. The van der Waals surface area contributed by atoms with Gasteiger partial charge in [0, 0.05) is 17.2 Å². The van der Waals surface area contributed by atoms with E-state index < -0.39 is 5.97 Å². The van der Waals surface area contributed by atoms with Crippen LogP contribution in [0.25, 0.3) is 0 Å². The van der Waals surface area contributed by atoms with Gasteiger partial charge in [0.05, 0.1) is 11.1 Å². The second kappa shape index (κ2) is 5.88. The molecule has 0 aliphatic heterocycles. The third kappa shape index (κ3) is 2.88. The van der Waals surface area contributed by atoms with Crippen LogP contribution in [0.2, 0.25) is 0 Å². The third-order valence-corrected chi connectivity index (χ3v) is 3.60. The molecule has 2 aromatic rings. The Morgan fingerprint density at radius 3 is 2.20 bits per heavy atom. The fourth-order valence-electron chi connectivity index (χ4n) is 1.76. The Balaban J connectivity index is 2.27. The van der Waals surface area contributed by atoms with Crippen LogP contribution < -0.4 is 4.90 Å². The Kier molecular flexibility index (Phi) is 4.20. The second-order valence-corrected chi connectivity index (χ2v) is 5.05. The molecule has 102 valence electrons. The summed E-state index contributed by atoms with van der Waals surface area (Å²) in [4.78, 5) is 24.6. The van der Waals surface area contributed by atoms with Crippen LogP contribution in [-0.2, 0) is 0 Å². The number of carboxylic acids is 1. The number of carboxylic acid groups (broad SMARTS) is 1. The van der Waals surface area contributed by atoms with Crippen LogP contribution >= 0.6 is 15.9 Å². The van der Waals surface area contributed by atoms with Gasteiger partial charge < -0.3 is 10.0 Å². The molecule has 2 aromatic carbocycles. The standard InChI is InChI=1S/C15H12BrNO3/c1-17(11-8-6-10(7-9-11)15(19)20)14(18)12-4-2-3-5-13(12)16/h2-9H,1H3,(H,19,20). The smallest absolute Gasteiger partial charge is 0.335 e. The van der Waals surface area contributed by atoms with Gasteiger partial charge in [-0.3, -0.25) is 4.79 Å². The number of rotatable bonds is 3. The molecule has 0 bridgehead atoms. The molecule has 0 aliphatic carbocycles. The molecule has 0 fully saturated rings. The first-order valence-corrected chi connectivity index (χ1v) is 6.66. The maximum Gasteiger partial charge on any atom is 0.335 e. The summed E-state index contributed by atoms with van der Waals surface area (Å²) < 4.78 is 0.721. The normalized spacial score (nSPS) is 10.1. The number of aromatic carboxylic acids is 1. The van der Waals surface area contributed by atoms with Gasteiger partial charge in [-0.2, -0.15) is 0 Å². The highest BCUT2D eigenvalue weighted by Crippen LogP contribution is 2.21. The van der Waals surface area contributed by atoms with Gasteiger partial charge in [0.15, 0.2) is 0 Å². The Labute approximate surface area is 124 Å². The lowest BCUT2D eigenvalue weighted by molar-refractivity contribution is 0.0696. The maximum atomic E-state index is 12.4. The highest BCUT2D eigenvalue weighted by Gasteiger charge is 2.16. The van der Waals surface area contributed by atoms with E-state index in [9.17, 15) is 9.59 Å². The number of halogens is 1. The molecule has 0 spiro atoms. The number of amides is 1. The van der Waals surface area contributed by atoms with E-state index in [4.69, 9.17) is 5.11 Å². The zero-order valence-electron chi connectivity index (χ0n) is 10.7. The van der Waals surface area contributed by atoms with Crippen LogP contribution in [0.5, 0.6) is 0 Å². The van der Waals surface area contributed by atoms with Gasteiger partial charge >= 0.3 is 5.97 Å². The van der Waals surface area contributed by atoms with Crippen molar-refractivity contribution >= 4 is 33.5 Å². The fourth-order valence-corrected chi connectivity index (χ4v) is 2.21. The number of carbonyl (C=O) groups is 2. The minimum Gasteiger partial charge on any atom is -0.478 e. The molecular weight excluding hydrogens is 322 g/mol. The van der Waals surface area contributed by atoms with Crippen molar-refractivity contribution in [1.82, 2.24) is 0 Å². The average Bonchev–Trinajstić information content (AvgIpc) is 2.46. The van der Waals surface area contributed by atoms with Gasteiger partial charge in [0.2, 0.25) is 0 Å². The molecule has 0 aliphatic rings. The van der Waals surface area contributed by atoms with Crippen LogP contribution in [0, 0.1) is 0 Å². The van der Waals surface area contributed by atoms with E-state index in [1.54, 1.807) is 37.4 Å². The number of nitrogens with zero attached hydrogens (tertiary/aromatic N) is 1. The van der Waals surface area contributed by atoms with Crippen LogP contribution in [0.15, 0.2) is 53.0 Å².